The maximum absolute atomic E-state index is 13.7. The minimum absolute atomic E-state index is 0.00235. The molecule has 1 N–H and O–H groups in total. The molecule has 1 amide bonds. The smallest absolute Gasteiger partial charge is 0.225 e. The largest absolute Gasteiger partial charge is 0.378 e. The Balaban J connectivity index is 5.83. The number of ketones is 3. The second-order valence-electron chi connectivity index (χ2n) is 12.5. The lowest BCUT2D eigenvalue weighted by Crippen LogP contribution is -2.60. The van der Waals surface area contributed by atoms with Crippen LogP contribution in [0.1, 0.15) is 101 Å². The highest BCUT2D eigenvalue weighted by Gasteiger charge is 2.41. The van der Waals surface area contributed by atoms with E-state index in [0.29, 0.717) is 19.4 Å². The van der Waals surface area contributed by atoms with Gasteiger partial charge in [0.15, 0.2) is 0 Å². The Labute approximate surface area is 248 Å². The summed E-state index contributed by atoms with van der Waals surface area (Å²) in [5.74, 6) is -0.0274. The monoisotopic (exact) mass is 586 g/mol. The summed E-state index contributed by atoms with van der Waals surface area (Å²) < 4.78 is 24.0. The number of hydrogen-bond donors (Lipinski definition) is 1. The molecular weight excluding hydrogens is 528 g/mol. The van der Waals surface area contributed by atoms with Crippen molar-refractivity contribution in [3.8, 4) is 0 Å². The number of amides is 1. The fourth-order valence-corrected chi connectivity index (χ4v) is 4.14. The van der Waals surface area contributed by atoms with Crippen molar-refractivity contribution in [2.24, 2.45) is 0 Å². The lowest BCUT2D eigenvalue weighted by atomic mass is 9.97. The van der Waals surface area contributed by atoms with Crippen LogP contribution < -0.4 is 5.32 Å². The SMILES string of the molecule is CCC(=O)CCOCC(COCCC(C)=O)(COCCC(=O)CC)N(C)C(=O)CC(C)(C)OCC(C)(C)NC(C)C. The zero-order chi connectivity index (χ0) is 31.7. The number of rotatable bonds is 25. The third-order valence-corrected chi connectivity index (χ3v) is 6.72. The quantitative estimate of drug-likeness (QED) is 0.159. The Morgan fingerprint density at radius 2 is 1.20 bits per heavy atom. The summed E-state index contributed by atoms with van der Waals surface area (Å²) in [6.45, 7) is 18.3. The van der Waals surface area contributed by atoms with Gasteiger partial charge in [0.1, 0.15) is 22.9 Å². The van der Waals surface area contributed by atoms with E-state index in [0.717, 1.165) is 0 Å². The van der Waals surface area contributed by atoms with E-state index in [-0.39, 0.29) is 100 Å². The number of Topliss-reactive ketones (excluding diaryl/α,β-unsaturated/α-hetero) is 3. The van der Waals surface area contributed by atoms with Crippen LogP contribution in [0.4, 0.5) is 0 Å². The minimum Gasteiger partial charge on any atom is -0.378 e. The highest BCUT2D eigenvalue weighted by atomic mass is 16.5. The number of likely N-dealkylation sites (N-methyl/N-ethyl adjacent to an activating group) is 1. The number of ether oxygens (including phenoxy) is 4. The van der Waals surface area contributed by atoms with Crippen molar-refractivity contribution in [1.29, 1.82) is 0 Å². The van der Waals surface area contributed by atoms with Gasteiger partial charge in [-0.3, -0.25) is 19.2 Å². The molecule has 0 bridgehead atoms. The summed E-state index contributed by atoms with van der Waals surface area (Å²) in [6.07, 6.45) is 1.72. The van der Waals surface area contributed by atoms with Crippen molar-refractivity contribution in [3.05, 3.63) is 0 Å². The van der Waals surface area contributed by atoms with Crippen molar-refractivity contribution in [2.45, 2.75) is 124 Å². The van der Waals surface area contributed by atoms with Crippen LogP contribution in [-0.2, 0) is 38.1 Å². The predicted octanol–water partition coefficient (Wildman–Crippen LogP) is 3.91. The molecule has 0 aliphatic rings. The van der Waals surface area contributed by atoms with Gasteiger partial charge in [-0.05, 0) is 34.6 Å². The molecule has 0 aliphatic carbocycles. The minimum atomic E-state index is -1.05. The molecule has 0 aliphatic heterocycles. The first-order valence-corrected chi connectivity index (χ1v) is 14.9. The molecule has 0 aromatic carbocycles. The summed E-state index contributed by atoms with van der Waals surface area (Å²) in [5, 5.41) is 3.47. The second kappa shape index (κ2) is 19.5. The van der Waals surface area contributed by atoms with Crippen LogP contribution >= 0.6 is 0 Å². The van der Waals surface area contributed by atoms with Crippen molar-refractivity contribution in [1.82, 2.24) is 10.2 Å². The summed E-state index contributed by atoms with van der Waals surface area (Å²) in [7, 11) is 1.68. The van der Waals surface area contributed by atoms with Crippen LogP contribution in [0.25, 0.3) is 0 Å². The van der Waals surface area contributed by atoms with Gasteiger partial charge in [-0.1, -0.05) is 27.7 Å². The summed E-state index contributed by atoms with van der Waals surface area (Å²) in [4.78, 5) is 50.4. The maximum Gasteiger partial charge on any atom is 0.225 e. The zero-order valence-electron chi connectivity index (χ0n) is 27.5. The molecule has 0 spiro atoms. The first-order valence-electron chi connectivity index (χ1n) is 14.9. The zero-order valence-corrected chi connectivity index (χ0v) is 27.5. The van der Waals surface area contributed by atoms with E-state index in [1.54, 1.807) is 25.8 Å². The van der Waals surface area contributed by atoms with Gasteiger partial charge < -0.3 is 29.2 Å². The molecule has 0 fully saturated rings. The van der Waals surface area contributed by atoms with Crippen LogP contribution in [-0.4, -0.2) is 104 Å². The number of carbonyl (C=O) groups is 4. The molecule has 0 aromatic heterocycles. The van der Waals surface area contributed by atoms with Crippen molar-refractivity contribution >= 4 is 23.3 Å². The number of nitrogens with zero attached hydrogens (tertiary/aromatic N) is 1. The standard InChI is InChI=1S/C31H58N2O8/c1-11-26(35)14-17-39-22-31(21-38-16-13-25(5)34,23-40-18-15-27(36)12-2)33(10)28(37)19-30(8,9)41-20-29(6,7)32-24(3)4/h24,32H,11-23H2,1-10H3. The van der Waals surface area contributed by atoms with E-state index in [2.05, 4.69) is 33.0 Å². The first kappa shape index (κ1) is 39.3. The average molecular weight is 587 g/mol. The van der Waals surface area contributed by atoms with Crippen LogP contribution in [0.2, 0.25) is 0 Å². The Kier molecular flexibility index (Phi) is 18.6. The van der Waals surface area contributed by atoms with Crippen molar-refractivity contribution in [3.63, 3.8) is 0 Å². The molecule has 240 valence electrons. The van der Waals surface area contributed by atoms with E-state index < -0.39 is 11.1 Å². The molecule has 0 saturated heterocycles. The first-order chi connectivity index (χ1) is 19.0. The van der Waals surface area contributed by atoms with Crippen molar-refractivity contribution < 1.29 is 38.1 Å². The molecule has 0 unspecified atom stereocenters. The van der Waals surface area contributed by atoms with Gasteiger partial charge in [-0.2, -0.15) is 0 Å². The van der Waals surface area contributed by atoms with Gasteiger partial charge in [0.2, 0.25) is 5.91 Å². The van der Waals surface area contributed by atoms with Gasteiger partial charge in [-0.15, -0.1) is 0 Å². The van der Waals surface area contributed by atoms with Gasteiger partial charge in [0, 0.05) is 50.7 Å². The van der Waals surface area contributed by atoms with Crippen molar-refractivity contribution in [2.75, 3.05) is 53.3 Å². The summed E-state index contributed by atoms with van der Waals surface area (Å²) in [6, 6.07) is 0.285. The number of carbonyl (C=O) groups excluding carboxylic acids is 4. The molecule has 10 heteroatoms. The fourth-order valence-electron chi connectivity index (χ4n) is 4.14. The van der Waals surface area contributed by atoms with E-state index in [9.17, 15) is 19.2 Å². The molecule has 0 aromatic rings. The van der Waals surface area contributed by atoms with Gasteiger partial charge >= 0.3 is 0 Å². The van der Waals surface area contributed by atoms with Crippen LogP contribution in [0, 0.1) is 0 Å². The fraction of sp³-hybridized carbons (Fsp3) is 0.871. The molecule has 41 heavy (non-hydrogen) atoms. The van der Waals surface area contributed by atoms with E-state index in [4.69, 9.17) is 18.9 Å². The van der Waals surface area contributed by atoms with Gasteiger partial charge in [0.25, 0.3) is 0 Å². The third-order valence-electron chi connectivity index (χ3n) is 6.72. The molecule has 10 nitrogen and oxygen atoms in total. The number of hydrogen-bond acceptors (Lipinski definition) is 9. The van der Waals surface area contributed by atoms with E-state index >= 15 is 0 Å². The van der Waals surface area contributed by atoms with E-state index in [1.807, 2.05) is 13.8 Å². The normalized spacial score (nSPS) is 12.6. The molecular formula is C31H58N2O8. The van der Waals surface area contributed by atoms with Crippen LogP contribution in [0.15, 0.2) is 0 Å². The van der Waals surface area contributed by atoms with E-state index in [1.165, 1.54) is 6.92 Å². The van der Waals surface area contributed by atoms with Crippen LogP contribution in [0.5, 0.6) is 0 Å². The molecule has 0 rings (SSSR count). The van der Waals surface area contributed by atoms with Gasteiger partial charge in [0.05, 0.1) is 58.3 Å². The van der Waals surface area contributed by atoms with Crippen LogP contribution in [0.3, 0.4) is 0 Å². The van der Waals surface area contributed by atoms with Gasteiger partial charge in [-0.25, -0.2) is 0 Å². The summed E-state index contributed by atoms with van der Waals surface area (Å²) in [5.41, 5.74) is -2.08. The third kappa shape index (κ3) is 17.7. The average Bonchev–Trinajstić information content (AvgIpc) is 2.88. The molecule has 0 atom stereocenters. The predicted molar refractivity (Wildman–Crippen MR) is 160 cm³/mol. The molecule has 0 heterocycles. The Bertz CT molecular complexity index is 786. The topological polar surface area (TPSA) is 120 Å². The Hall–Kier alpha value is -1.72. The highest BCUT2D eigenvalue weighted by Crippen LogP contribution is 2.24. The summed E-state index contributed by atoms with van der Waals surface area (Å²) >= 11 is 0. The second-order valence-corrected chi connectivity index (χ2v) is 12.5. The number of nitrogens with one attached hydrogen (secondary N) is 1. The molecule has 0 radical (unpaired) electrons. The molecule has 0 saturated carbocycles. The highest BCUT2D eigenvalue weighted by molar-refractivity contribution is 5.79. The Morgan fingerprint density at radius 3 is 1.59 bits per heavy atom. The Morgan fingerprint density at radius 1 is 0.756 bits per heavy atom. The lowest BCUT2D eigenvalue weighted by Gasteiger charge is -2.42. The maximum atomic E-state index is 13.7. The lowest BCUT2D eigenvalue weighted by molar-refractivity contribution is -0.156.